The molecule has 0 unspecified atom stereocenters. The highest BCUT2D eigenvalue weighted by atomic mass is 16.5. The fourth-order valence-corrected chi connectivity index (χ4v) is 2.73. The third-order valence-electron chi connectivity index (χ3n) is 4.52. The Bertz CT molecular complexity index is 692. The summed E-state index contributed by atoms with van der Waals surface area (Å²) in [5.41, 5.74) is 3.06. The summed E-state index contributed by atoms with van der Waals surface area (Å²) in [4.78, 5) is 12.3. The van der Waals surface area contributed by atoms with Crippen molar-refractivity contribution in [3.63, 3.8) is 0 Å². The minimum absolute atomic E-state index is 0.0741. The molecule has 0 spiro atoms. The first-order valence-electron chi connectivity index (χ1n) is 8.58. The minimum atomic E-state index is -0.419. The van der Waals surface area contributed by atoms with Crippen LogP contribution in [0.4, 0.5) is 0 Å². The molecule has 0 saturated heterocycles. The molecule has 0 bridgehead atoms. The van der Waals surface area contributed by atoms with Crippen LogP contribution in [-0.4, -0.2) is 28.4 Å². The maximum absolute atomic E-state index is 12.3. The van der Waals surface area contributed by atoms with Gasteiger partial charge >= 0.3 is 0 Å². The Balaban J connectivity index is 1.63. The molecule has 2 atom stereocenters. The van der Waals surface area contributed by atoms with Crippen LogP contribution in [0, 0.1) is 12.8 Å². The smallest absolute Gasteiger partial charge is 0.249 e. The molecule has 128 valence electrons. The van der Waals surface area contributed by atoms with Gasteiger partial charge in [-0.15, -0.1) is 0 Å². The molecule has 1 heterocycles. The Labute approximate surface area is 143 Å². The lowest BCUT2D eigenvalue weighted by Crippen LogP contribution is -2.36. The number of carbonyl (C=O) groups excluding carboxylic acids is 1. The maximum Gasteiger partial charge on any atom is 0.249 e. The molecule has 5 nitrogen and oxygen atoms in total. The van der Waals surface area contributed by atoms with Crippen LogP contribution in [0.3, 0.4) is 0 Å². The molecule has 1 N–H and O–H groups in total. The summed E-state index contributed by atoms with van der Waals surface area (Å²) in [6.45, 7) is 6.49. The number of nitrogens with zero attached hydrogens (tertiary/aromatic N) is 2. The second-order valence-corrected chi connectivity index (χ2v) is 6.58. The number of amides is 1. The molecular weight excluding hydrogens is 302 g/mol. The van der Waals surface area contributed by atoms with E-state index in [4.69, 9.17) is 4.74 Å². The number of para-hydroxylation sites is 1. The highest BCUT2D eigenvalue weighted by molar-refractivity contribution is 5.80. The van der Waals surface area contributed by atoms with Gasteiger partial charge in [0, 0.05) is 11.3 Å². The van der Waals surface area contributed by atoms with Crippen molar-refractivity contribution in [3.05, 3.63) is 47.8 Å². The Kier molecular flexibility index (Phi) is 5.00. The van der Waals surface area contributed by atoms with Crippen LogP contribution in [0.15, 0.2) is 36.5 Å². The Morgan fingerprint density at radius 3 is 2.71 bits per heavy atom. The Morgan fingerprint density at radius 2 is 2.04 bits per heavy atom. The average Bonchev–Trinajstić information content (AvgIpc) is 3.34. The maximum atomic E-state index is 12.3. The van der Waals surface area contributed by atoms with Crippen LogP contribution < -0.4 is 5.32 Å². The molecule has 5 heteroatoms. The van der Waals surface area contributed by atoms with E-state index >= 15 is 0 Å². The molecule has 2 aromatic rings. The highest BCUT2D eigenvalue weighted by Crippen LogP contribution is 2.29. The van der Waals surface area contributed by atoms with Crippen molar-refractivity contribution in [3.8, 4) is 5.69 Å². The van der Waals surface area contributed by atoms with Gasteiger partial charge in [0.25, 0.3) is 0 Å². The lowest BCUT2D eigenvalue weighted by Gasteiger charge is -2.18. The van der Waals surface area contributed by atoms with Gasteiger partial charge in [-0.2, -0.15) is 5.10 Å². The van der Waals surface area contributed by atoms with Crippen molar-refractivity contribution in [1.29, 1.82) is 0 Å². The zero-order valence-electron chi connectivity index (χ0n) is 14.5. The van der Waals surface area contributed by atoms with Crippen molar-refractivity contribution < 1.29 is 9.53 Å². The molecule has 1 aliphatic rings. The Hall–Kier alpha value is -2.14. The number of hydrogen-bond acceptors (Lipinski definition) is 3. The molecule has 3 rings (SSSR count). The van der Waals surface area contributed by atoms with Gasteiger partial charge in [-0.25, -0.2) is 4.68 Å². The van der Waals surface area contributed by atoms with Crippen LogP contribution in [0.5, 0.6) is 0 Å². The number of carbonyl (C=O) groups is 1. The molecule has 0 aliphatic heterocycles. The predicted molar refractivity (Wildman–Crippen MR) is 93.0 cm³/mol. The lowest BCUT2D eigenvalue weighted by atomic mass is 10.1. The topological polar surface area (TPSA) is 56.1 Å². The van der Waals surface area contributed by atoms with E-state index in [1.165, 1.54) is 12.8 Å². The summed E-state index contributed by atoms with van der Waals surface area (Å²) in [6, 6.07) is 9.87. The summed E-state index contributed by atoms with van der Waals surface area (Å²) in [7, 11) is 0. The summed E-state index contributed by atoms with van der Waals surface area (Å²) in [5.74, 6) is 0.582. The number of ether oxygens (including phenoxy) is 1. The molecule has 1 aromatic heterocycles. The number of nitrogens with one attached hydrogen (secondary N) is 1. The van der Waals surface area contributed by atoms with Crippen LogP contribution in [0.1, 0.15) is 44.0 Å². The van der Waals surface area contributed by atoms with Crippen molar-refractivity contribution in [2.75, 3.05) is 6.61 Å². The van der Waals surface area contributed by atoms with Gasteiger partial charge in [0.05, 0.1) is 24.5 Å². The standard InChI is InChI=1S/C19H25N3O2/c1-13(21-19(23)15(3)24-12-16-9-10-16)18-11-20-22(14(18)2)17-7-5-4-6-8-17/h4-8,11,13,15-16H,9-10,12H2,1-3H3,(H,21,23)/t13-,15+/m0/s1. The van der Waals surface area contributed by atoms with E-state index in [1.807, 2.05) is 62.0 Å². The second-order valence-electron chi connectivity index (χ2n) is 6.58. The quantitative estimate of drug-likeness (QED) is 0.850. The fourth-order valence-electron chi connectivity index (χ4n) is 2.73. The molecule has 1 amide bonds. The normalized spacial score (nSPS) is 16.6. The van der Waals surface area contributed by atoms with Crippen molar-refractivity contribution in [1.82, 2.24) is 15.1 Å². The van der Waals surface area contributed by atoms with E-state index in [0.717, 1.165) is 16.9 Å². The first-order valence-corrected chi connectivity index (χ1v) is 8.58. The molecule has 24 heavy (non-hydrogen) atoms. The van der Waals surface area contributed by atoms with Gasteiger partial charge in [-0.3, -0.25) is 4.79 Å². The van der Waals surface area contributed by atoms with E-state index in [1.54, 1.807) is 0 Å². The van der Waals surface area contributed by atoms with Gasteiger partial charge in [0.2, 0.25) is 5.91 Å². The fraction of sp³-hybridized carbons (Fsp3) is 0.474. The molecule has 0 radical (unpaired) electrons. The van der Waals surface area contributed by atoms with Crippen molar-refractivity contribution in [2.45, 2.75) is 45.8 Å². The summed E-state index contributed by atoms with van der Waals surface area (Å²) in [6.07, 6.45) is 3.85. The summed E-state index contributed by atoms with van der Waals surface area (Å²) < 4.78 is 7.53. The number of aromatic nitrogens is 2. The summed E-state index contributed by atoms with van der Waals surface area (Å²) in [5, 5.41) is 7.49. The van der Waals surface area contributed by atoms with Gasteiger partial charge in [0.15, 0.2) is 0 Å². The third kappa shape index (κ3) is 3.85. The van der Waals surface area contributed by atoms with Crippen LogP contribution in [0.25, 0.3) is 5.69 Å². The van der Waals surface area contributed by atoms with E-state index in [9.17, 15) is 4.79 Å². The van der Waals surface area contributed by atoms with Gasteiger partial charge in [0.1, 0.15) is 6.10 Å². The van der Waals surface area contributed by atoms with Crippen LogP contribution in [0.2, 0.25) is 0 Å². The van der Waals surface area contributed by atoms with E-state index in [-0.39, 0.29) is 11.9 Å². The third-order valence-corrected chi connectivity index (χ3v) is 4.52. The Morgan fingerprint density at radius 1 is 1.33 bits per heavy atom. The monoisotopic (exact) mass is 327 g/mol. The number of rotatable bonds is 7. The SMILES string of the molecule is Cc1c([C@H](C)NC(=O)[C@@H](C)OCC2CC2)cnn1-c1ccccc1. The zero-order valence-corrected chi connectivity index (χ0v) is 14.5. The van der Waals surface area contributed by atoms with Crippen molar-refractivity contribution in [2.24, 2.45) is 5.92 Å². The van der Waals surface area contributed by atoms with Gasteiger partial charge in [-0.05, 0) is 51.7 Å². The second kappa shape index (κ2) is 7.18. The highest BCUT2D eigenvalue weighted by Gasteiger charge is 2.25. The molecule has 1 aromatic carbocycles. The summed E-state index contributed by atoms with van der Waals surface area (Å²) >= 11 is 0. The average molecular weight is 327 g/mol. The first kappa shape index (κ1) is 16.7. The molecular formula is C19H25N3O2. The number of hydrogen-bond donors (Lipinski definition) is 1. The van der Waals surface area contributed by atoms with E-state index in [0.29, 0.717) is 12.5 Å². The van der Waals surface area contributed by atoms with Crippen LogP contribution >= 0.6 is 0 Å². The number of benzene rings is 1. The van der Waals surface area contributed by atoms with Gasteiger partial charge in [-0.1, -0.05) is 18.2 Å². The van der Waals surface area contributed by atoms with E-state index in [2.05, 4.69) is 10.4 Å². The lowest BCUT2D eigenvalue weighted by molar-refractivity contribution is -0.132. The predicted octanol–water partition coefficient (Wildman–Crippen LogP) is 3.17. The molecule has 1 aliphatic carbocycles. The van der Waals surface area contributed by atoms with E-state index < -0.39 is 6.10 Å². The van der Waals surface area contributed by atoms with Crippen LogP contribution in [-0.2, 0) is 9.53 Å². The largest absolute Gasteiger partial charge is 0.368 e. The minimum Gasteiger partial charge on any atom is -0.368 e. The van der Waals surface area contributed by atoms with Gasteiger partial charge < -0.3 is 10.1 Å². The first-order chi connectivity index (χ1) is 11.6. The molecule has 1 saturated carbocycles. The zero-order chi connectivity index (χ0) is 17.1. The molecule has 1 fully saturated rings. The van der Waals surface area contributed by atoms with Crippen molar-refractivity contribution >= 4 is 5.91 Å².